The molecule has 5 aliphatic rings. The lowest BCUT2D eigenvalue weighted by molar-refractivity contribution is -0.167. The number of rotatable bonds is 11. The molecule has 0 aromatic heterocycles. The Kier molecular flexibility index (Phi) is 7.78. The lowest BCUT2D eigenvalue weighted by Crippen LogP contribution is -2.63. The van der Waals surface area contributed by atoms with Crippen LogP contribution in [0.2, 0.25) is 0 Å². The van der Waals surface area contributed by atoms with E-state index in [2.05, 4.69) is 11.8 Å². The number of hydrogen-bond acceptors (Lipinski definition) is 5. The first-order valence-electron chi connectivity index (χ1n) is 12.9. The molecule has 0 radical (unpaired) electrons. The summed E-state index contributed by atoms with van der Waals surface area (Å²) in [6.45, 7) is 3.95. The van der Waals surface area contributed by atoms with E-state index in [1.54, 1.807) is 0 Å². The average molecular weight is 424 g/mol. The minimum absolute atomic E-state index is 0.0375. The minimum atomic E-state index is -0.910. The summed E-state index contributed by atoms with van der Waals surface area (Å²) in [6.07, 6.45) is 13.8. The number of β-amino-alcohol motifs (C(OH)–C–C–N with tert-alkyl or cyclic N) is 1. The number of nitrogens with zero attached hydrogens (tertiary/aromatic N) is 1. The third kappa shape index (κ3) is 5.06. The summed E-state index contributed by atoms with van der Waals surface area (Å²) >= 11 is 0. The zero-order valence-electron chi connectivity index (χ0n) is 19.1. The van der Waals surface area contributed by atoms with Crippen molar-refractivity contribution in [3.63, 3.8) is 0 Å². The molecule has 0 aromatic rings. The number of unbranched alkanes of at least 4 members (excludes halogenated alkanes) is 3. The van der Waals surface area contributed by atoms with E-state index in [1.165, 1.54) is 57.8 Å². The van der Waals surface area contributed by atoms with Crippen LogP contribution in [0.25, 0.3) is 0 Å². The van der Waals surface area contributed by atoms with E-state index in [0.29, 0.717) is 18.6 Å². The van der Waals surface area contributed by atoms with E-state index >= 15 is 0 Å². The normalized spacial score (nSPS) is 43.4. The van der Waals surface area contributed by atoms with Crippen LogP contribution < -0.4 is 0 Å². The molecule has 30 heavy (non-hydrogen) atoms. The van der Waals surface area contributed by atoms with Gasteiger partial charge in [-0.3, -0.25) is 4.90 Å². The van der Waals surface area contributed by atoms with E-state index in [4.69, 9.17) is 4.74 Å². The highest BCUT2D eigenvalue weighted by Gasteiger charge is 2.50. The molecule has 1 aliphatic heterocycles. The van der Waals surface area contributed by atoms with Gasteiger partial charge in [0.25, 0.3) is 0 Å². The lowest BCUT2D eigenvalue weighted by atomic mass is 9.48. The summed E-state index contributed by atoms with van der Waals surface area (Å²) in [5.74, 6) is 3.10. The van der Waals surface area contributed by atoms with Crippen LogP contribution in [0.1, 0.15) is 84.0 Å². The van der Waals surface area contributed by atoms with Crippen molar-refractivity contribution < 1.29 is 20.1 Å². The Bertz CT molecular complexity index is 506. The van der Waals surface area contributed by atoms with Crippen molar-refractivity contribution in [3.05, 3.63) is 0 Å². The Morgan fingerprint density at radius 1 is 0.933 bits per heavy atom. The first-order valence-corrected chi connectivity index (χ1v) is 12.9. The second kappa shape index (κ2) is 10.2. The summed E-state index contributed by atoms with van der Waals surface area (Å²) in [5.41, 5.74) is 0.668. The number of ether oxygens (including phenoxy) is 1. The maximum Gasteiger partial charge on any atom is 0.109 e. The maximum atomic E-state index is 10.5. The highest BCUT2D eigenvalue weighted by molar-refractivity contribution is 5.01. The molecule has 4 saturated carbocycles. The van der Waals surface area contributed by atoms with Gasteiger partial charge in [-0.1, -0.05) is 26.2 Å². The second-order valence-corrected chi connectivity index (χ2v) is 11.2. The van der Waals surface area contributed by atoms with E-state index in [9.17, 15) is 15.3 Å². The first kappa shape index (κ1) is 23.0. The molecule has 4 atom stereocenters. The number of hydrogen-bond donors (Lipinski definition) is 3. The van der Waals surface area contributed by atoms with E-state index in [0.717, 1.165) is 43.6 Å². The van der Waals surface area contributed by atoms with Crippen LogP contribution in [-0.2, 0) is 4.74 Å². The van der Waals surface area contributed by atoms with Gasteiger partial charge in [0, 0.05) is 13.2 Å². The molecular formula is C25H45NO4. The van der Waals surface area contributed by atoms with Gasteiger partial charge in [-0.05, 0) is 87.5 Å². The molecule has 5 nitrogen and oxygen atoms in total. The molecule has 0 amide bonds. The number of piperidine rings is 1. The lowest BCUT2D eigenvalue weighted by Gasteiger charge is -2.57. The number of aliphatic hydroxyl groups excluding tert-OH is 3. The summed E-state index contributed by atoms with van der Waals surface area (Å²) in [7, 11) is 0. The van der Waals surface area contributed by atoms with Crippen LogP contribution in [0.4, 0.5) is 0 Å². The predicted molar refractivity (Wildman–Crippen MR) is 118 cm³/mol. The fourth-order valence-corrected chi connectivity index (χ4v) is 7.78. The highest BCUT2D eigenvalue weighted by atomic mass is 16.5. The zero-order chi connectivity index (χ0) is 21.1. The van der Waals surface area contributed by atoms with Crippen molar-refractivity contribution in [3.8, 4) is 0 Å². The van der Waals surface area contributed by atoms with Crippen molar-refractivity contribution in [1.29, 1.82) is 0 Å². The van der Waals surface area contributed by atoms with Crippen LogP contribution >= 0.6 is 0 Å². The Hall–Kier alpha value is -0.200. The van der Waals surface area contributed by atoms with Crippen LogP contribution in [0.5, 0.6) is 0 Å². The van der Waals surface area contributed by atoms with Gasteiger partial charge in [-0.2, -0.15) is 0 Å². The molecule has 3 N–H and O–H groups in total. The molecule has 4 bridgehead atoms. The molecule has 5 rings (SSSR count). The van der Waals surface area contributed by atoms with Crippen molar-refractivity contribution in [2.24, 2.45) is 23.2 Å². The molecule has 1 saturated heterocycles. The first-order chi connectivity index (χ1) is 14.5. The Balaban J connectivity index is 1.19. The van der Waals surface area contributed by atoms with Crippen molar-refractivity contribution in [2.75, 3.05) is 26.3 Å². The molecule has 0 unspecified atom stereocenters. The smallest absolute Gasteiger partial charge is 0.109 e. The van der Waals surface area contributed by atoms with Gasteiger partial charge >= 0.3 is 0 Å². The Labute approximate surface area is 183 Å². The molecule has 0 spiro atoms. The summed E-state index contributed by atoms with van der Waals surface area (Å²) in [6, 6.07) is -0.220. The summed E-state index contributed by atoms with van der Waals surface area (Å²) in [4.78, 5) is 2.10. The topological polar surface area (TPSA) is 73.2 Å². The molecule has 5 fully saturated rings. The third-order valence-electron chi connectivity index (χ3n) is 8.81. The predicted octanol–water partition coefficient (Wildman–Crippen LogP) is 3.35. The largest absolute Gasteiger partial charge is 0.395 e. The van der Waals surface area contributed by atoms with E-state index in [-0.39, 0.29) is 12.6 Å². The van der Waals surface area contributed by atoms with Crippen LogP contribution in [0.15, 0.2) is 0 Å². The summed E-state index contributed by atoms with van der Waals surface area (Å²) < 4.78 is 6.06. The van der Waals surface area contributed by atoms with Gasteiger partial charge in [-0.15, -0.1) is 0 Å². The van der Waals surface area contributed by atoms with Crippen molar-refractivity contribution in [1.82, 2.24) is 4.90 Å². The fraction of sp³-hybridized carbons (Fsp3) is 1.00. The van der Waals surface area contributed by atoms with Crippen LogP contribution in [0, 0.1) is 23.2 Å². The summed E-state index contributed by atoms with van der Waals surface area (Å²) in [5, 5.41) is 30.7. The maximum absolute atomic E-state index is 10.5. The molecule has 5 heteroatoms. The Morgan fingerprint density at radius 3 is 2.20 bits per heavy atom. The van der Waals surface area contributed by atoms with E-state index < -0.39 is 18.3 Å². The minimum Gasteiger partial charge on any atom is -0.395 e. The molecule has 0 aromatic carbocycles. The number of aliphatic hydroxyl groups is 3. The highest BCUT2D eigenvalue weighted by Crippen LogP contribution is 2.61. The van der Waals surface area contributed by atoms with Gasteiger partial charge in [-0.25, -0.2) is 0 Å². The monoisotopic (exact) mass is 423 g/mol. The fourth-order valence-electron chi connectivity index (χ4n) is 7.78. The van der Waals surface area contributed by atoms with Gasteiger partial charge in [0.05, 0.1) is 18.8 Å². The average Bonchev–Trinajstić information content (AvgIpc) is 2.71. The standard InChI is InChI=1S/C25H45NO4/c1-2-3-8-26-16-22(28)23(29)24(21(26)17-27)30-9-6-4-5-7-25-13-18-10-19(14-25)12-20(11-18)15-25/h18-24,27-29H,2-17H2,1H3/t18?,19?,20?,21-,22+,23-,24-,25?/m1/s1. The second-order valence-electron chi connectivity index (χ2n) is 11.2. The zero-order valence-corrected chi connectivity index (χ0v) is 19.1. The van der Waals surface area contributed by atoms with Crippen LogP contribution in [-0.4, -0.2) is 70.9 Å². The van der Waals surface area contributed by atoms with Gasteiger partial charge < -0.3 is 20.1 Å². The van der Waals surface area contributed by atoms with Crippen molar-refractivity contribution >= 4 is 0 Å². The molecule has 174 valence electrons. The van der Waals surface area contributed by atoms with Crippen molar-refractivity contribution in [2.45, 2.75) is 108 Å². The SMILES string of the molecule is CCCCN1C[C@H](O)[C@@H](O)[C@H](OCCCCCC23CC4CC(CC(C4)C2)C3)[C@H]1CO. The molecular weight excluding hydrogens is 378 g/mol. The van der Waals surface area contributed by atoms with Gasteiger partial charge in [0.2, 0.25) is 0 Å². The van der Waals surface area contributed by atoms with E-state index in [1.807, 2.05) is 0 Å². The van der Waals surface area contributed by atoms with Crippen LogP contribution in [0.3, 0.4) is 0 Å². The van der Waals surface area contributed by atoms with Gasteiger partial charge in [0.1, 0.15) is 12.2 Å². The van der Waals surface area contributed by atoms with Gasteiger partial charge in [0.15, 0.2) is 0 Å². The molecule has 4 aliphatic carbocycles. The third-order valence-corrected chi connectivity index (χ3v) is 8.81. The Morgan fingerprint density at radius 2 is 1.60 bits per heavy atom. The molecule has 1 heterocycles. The quantitative estimate of drug-likeness (QED) is 0.445. The number of likely N-dealkylation sites (tertiary alicyclic amines) is 1.